The zero-order valence-electron chi connectivity index (χ0n) is 17.8. The second kappa shape index (κ2) is 10.3. The Hall–Kier alpha value is -2.68. The van der Waals surface area contributed by atoms with E-state index in [2.05, 4.69) is 14.8 Å². The van der Waals surface area contributed by atoms with Crippen molar-refractivity contribution in [1.82, 2.24) is 14.8 Å². The number of carbonyl (C=O) groups is 1. The van der Waals surface area contributed by atoms with E-state index in [-0.39, 0.29) is 23.6 Å². The monoisotopic (exact) mass is 457 g/mol. The summed E-state index contributed by atoms with van der Waals surface area (Å²) in [6.07, 6.45) is 0. The van der Waals surface area contributed by atoms with Gasteiger partial charge in [0.25, 0.3) is 0 Å². The summed E-state index contributed by atoms with van der Waals surface area (Å²) in [5.41, 5.74) is 2.81. The van der Waals surface area contributed by atoms with E-state index >= 15 is 0 Å². The van der Waals surface area contributed by atoms with Gasteiger partial charge in [-0.15, -0.1) is 11.3 Å². The van der Waals surface area contributed by atoms with Crippen molar-refractivity contribution < 1.29 is 18.3 Å². The summed E-state index contributed by atoms with van der Waals surface area (Å²) >= 11 is 1.30. The SMILES string of the molecule is CCOC(=O)c1nc(CN2CCN(C(c3ccc(F)cc3)c3ccc(F)cc3)CC2)cs1. The first kappa shape index (κ1) is 22.5. The average molecular weight is 458 g/mol. The number of thiazole rings is 1. The molecule has 1 aliphatic heterocycles. The predicted molar refractivity (Wildman–Crippen MR) is 120 cm³/mol. The van der Waals surface area contributed by atoms with E-state index in [0.29, 0.717) is 18.2 Å². The van der Waals surface area contributed by atoms with Crippen LogP contribution in [0.15, 0.2) is 53.9 Å². The van der Waals surface area contributed by atoms with Gasteiger partial charge in [0, 0.05) is 38.1 Å². The van der Waals surface area contributed by atoms with Crippen LogP contribution in [0.3, 0.4) is 0 Å². The van der Waals surface area contributed by atoms with Gasteiger partial charge < -0.3 is 4.74 Å². The number of benzene rings is 2. The summed E-state index contributed by atoms with van der Waals surface area (Å²) in [7, 11) is 0. The Labute approximate surface area is 190 Å². The summed E-state index contributed by atoms with van der Waals surface area (Å²) in [6, 6.07) is 13.0. The van der Waals surface area contributed by atoms with Gasteiger partial charge in [0.2, 0.25) is 5.01 Å². The summed E-state index contributed by atoms with van der Waals surface area (Å²) in [5.74, 6) is -0.932. The van der Waals surface area contributed by atoms with Gasteiger partial charge in [-0.3, -0.25) is 9.80 Å². The summed E-state index contributed by atoms with van der Waals surface area (Å²) in [5, 5.41) is 2.28. The van der Waals surface area contributed by atoms with E-state index in [1.54, 1.807) is 31.2 Å². The number of ether oxygens (including phenoxy) is 1. The molecule has 1 aliphatic rings. The Kier molecular flexibility index (Phi) is 7.24. The smallest absolute Gasteiger partial charge is 0.367 e. The number of rotatable bonds is 7. The Bertz CT molecular complexity index is 987. The lowest BCUT2D eigenvalue weighted by molar-refractivity contribution is 0.0525. The number of piperazine rings is 1. The van der Waals surface area contributed by atoms with Gasteiger partial charge in [-0.25, -0.2) is 18.6 Å². The van der Waals surface area contributed by atoms with E-state index in [4.69, 9.17) is 4.74 Å². The van der Waals surface area contributed by atoms with Crippen molar-refractivity contribution >= 4 is 17.3 Å². The van der Waals surface area contributed by atoms with Crippen molar-refractivity contribution in [1.29, 1.82) is 0 Å². The molecule has 0 atom stereocenters. The molecule has 3 aromatic rings. The van der Waals surface area contributed by atoms with Crippen LogP contribution in [0.25, 0.3) is 0 Å². The number of esters is 1. The van der Waals surface area contributed by atoms with Gasteiger partial charge >= 0.3 is 5.97 Å². The summed E-state index contributed by atoms with van der Waals surface area (Å²) in [4.78, 5) is 20.9. The zero-order chi connectivity index (χ0) is 22.5. The van der Waals surface area contributed by atoms with E-state index in [1.165, 1.54) is 35.6 Å². The third kappa shape index (κ3) is 5.38. The average Bonchev–Trinajstić information content (AvgIpc) is 3.26. The molecular weight excluding hydrogens is 432 g/mol. The minimum absolute atomic E-state index is 0.0759. The first-order valence-electron chi connectivity index (χ1n) is 10.6. The van der Waals surface area contributed by atoms with Crippen molar-refractivity contribution in [3.8, 4) is 0 Å². The Balaban J connectivity index is 1.44. The Morgan fingerprint density at radius 2 is 1.56 bits per heavy atom. The molecule has 0 spiro atoms. The third-order valence-electron chi connectivity index (χ3n) is 5.53. The van der Waals surface area contributed by atoms with Gasteiger partial charge in [-0.1, -0.05) is 24.3 Å². The molecule has 0 radical (unpaired) electrons. The van der Waals surface area contributed by atoms with Gasteiger partial charge in [-0.05, 0) is 42.3 Å². The first-order chi connectivity index (χ1) is 15.5. The maximum atomic E-state index is 13.5. The highest BCUT2D eigenvalue weighted by Crippen LogP contribution is 2.30. The van der Waals surface area contributed by atoms with Gasteiger partial charge in [0.05, 0.1) is 18.3 Å². The number of aromatic nitrogens is 1. The van der Waals surface area contributed by atoms with E-state index in [0.717, 1.165) is 43.0 Å². The molecule has 1 fully saturated rings. The van der Waals surface area contributed by atoms with Crippen LogP contribution in [0.5, 0.6) is 0 Å². The fourth-order valence-corrected chi connectivity index (χ4v) is 4.68. The minimum atomic E-state index is -0.380. The molecule has 168 valence electrons. The zero-order valence-corrected chi connectivity index (χ0v) is 18.7. The second-order valence-corrected chi connectivity index (χ2v) is 8.54. The summed E-state index contributed by atoms with van der Waals surface area (Å²) in [6.45, 7) is 6.02. The predicted octanol–water partition coefficient (Wildman–Crippen LogP) is 4.51. The standard InChI is InChI=1S/C24H25F2N3O2S/c1-2-31-24(30)23-27-21(16-32-23)15-28-11-13-29(14-12-28)22(17-3-7-19(25)8-4-17)18-5-9-20(26)10-6-18/h3-10,16,22H,2,11-15H2,1H3. The molecule has 0 bridgehead atoms. The van der Waals surface area contributed by atoms with Crippen LogP contribution in [0, 0.1) is 11.6 Å². The highest BCUT2D eigenvalue weighted by Gasteiger charge is 2.27. The number of nitrogens with zero attached hydrogens (tertiary/aromatic N) is 3. The molecule has 5 nitrogen and oxygen atoms in total. The Morgan fingerprint density at radius 3 is 2.09 bits per heavy atom. The highest BCUT2D eigenvalue weighted by atomic mass is 32.1. The molecule has 1 aromatic heterocycles. The highest BCUT2D eigenvalue weighted by molar-refractivity contribution is 7.11. The molecule has 0 unspecified atom stereocenters. The number of halogens is 2. The molecule has 8 heteroatoms. The van der Waals surface area contributed by atoms with Crippen molar-refractivity contribution in [3.05, 3.63) is 87.4 Å². The maximum Gasteiger partial charge on any atom is 0.367 e. The van der Waals surface area contributed by atoms with Crippen LogP contribution in [0.2, 0.25) is 0 Å². The number of hydrogen-bond acceptors (Lipinski definition) is 6. The molecule has 4 rings (SSSR count). The van der Waals surface area contributed by atoms with Crippen LogP contribution in [-0.4, -0.2) is 53.5 Å². The van der Waals surface area contributed by atoms with Crippen molar-refractivity contribution in [2.24, 2.45) is 0 Å². The van der Waals surface area contributed by atoms with Gasteiger partial charge in [0.15, 0.2) is 0 Å². The molecule has 0 saturated carbocycles. The first-order valence-corrected chi connectivity index (χ1v) is 11.5. The van der Waals surface area contributed by atoms with Crippen LogP contribution >= 0.6 is 11.3 Å². The fourth-order valence-electron chi connectivity index (χ4n) is 3.98. The minimum Gasteiger partial charge on any atom is -0.461 e. The quantitative estimate of drug-likeness (QED) is 0.489. The van der Waals surface area contributed by atoms with Crippen LogP contribution in [0.1, 0.15) is 39.6 Å². The molecule has 0 aliphatic carbocycles. The molecule has 32 heavy (non-hydrogen) atoms. The van der Waals surface area contributed by atoms with Gasteiger partial charge in [-0.2, -0.15) is 0 Å². The maximum absolute atomic E-state index is 13.5. The number of carbonyl (C=O) groups excluding carboxylic acids is 1. The molecule has 2 aromatic carbocycles. The Morgan fingerprint density at radius 1 is 1.00 bits per heavy atom. The molecule has 1 saturated heterocycles. The normalized spacial score (nSPS) is 15.2. The van der Waals surface area contributed by atoms with Crippen molar-refractivity contribution in [2.45, 2.75) is 19.5 Å². The third-order valence-corrected chi connectivity index (χ3v) is 6.40. The van der Waals surface area contributed by atoms with Crippen molar-refractivity contribution in [3.63, 3.8) is 0 Å². The van der Waals surface area contributed by atoms with Crippen molar-refractivity contribution in [2.75, 3.05) is 32.8 Å². The molecule has 0 amide bonds. The summed E-state index contributed by atoms with van der Waals surface area (Å²) < 4.78 is 32.0. The van der Waals surface area contributed by atoms with E-state index in [1.807, 2.05) is 5.38 Å². The van der Waals surface area contributed by atoms with Crippen LogP contribution in [-0.2, 0) is 11.3 Å². The van der Waals surface area contributed by atoms with Crippen LogP contribution in [0.4, 0.5) is 8.78 Å². The molecular formula is C24H25F2N3O2S. The van der Waals surface area contributed by atoms with E-state index in [9.17, 15) is 13.6 Å². The topological polar surface area (TPSA) is 45.7 Å². The second-order valence-electron chi connectivity index (χ2n) is 7.68. The van der Waals surface area contributed by atoms with E-state index < -0.39 is 0 Å². The lowest BCUT2D eigenvalue weighted by Gasteiger charge is -2.39. The molecule has 0 N–H and O–H groups in total. The lowest BCUT2D eigenvalue weighted by atomic mass is 9.96. The molecule has 2 heterocycles. The van der Waals surface area contributed by atoms with Gasteiger partial charge in [0.1, 0.15) is 11.6 Å². The lowest BCUT2D eigenvalue weighted by Crippen LogP contribution is -2.47. The number of hydrogen-bond donors (Lipinski definition) is 0. The largest absolute Gasteiger partial charge is 0.461 e. The fraction of sp³-hybridized carbons (Fsp3) is 0.333. The van der Waals surface area contributed by atoms with Crippen LogP contribution < -0.4 is 0 Å².